The van der Waals surface area contributed by atoms with Crippen LogP contribution in [-0.2, 0) is 19.5 Å². The summed E-state index contributed by atoms with van der Waals surface area (Å²) in [6, 6.07) is 10.4. The van der Waals surface area contributed by atoms with Gasteiger partial charge in [-0.25, -0.2) is 0 Å². The van der Waals surface area contributed by atoms with Gasteiger partial charge in [0, 0.05) is 53.6 Å². The summed E-state index contributed by atoms with van der Waals surface area (Å²) in [6.45, 7) is 5.80. The largest absolute Gasteiger partial charge is 0.507 e. The van der Waals surface area contributed by atoms with Crippen LogP contribution in [0.1, 0.15) is 60.8 Å². The van der Waals surface area contributed by atoms with Gasteiger partial charge in [-0.15, -0.1) is 0 Å². The lowest BCUT2D eigenvalue weighted by Crippen LogP contribution is -2.29. The number of nitrogens with zero attached hydrogens (tertiary/aromatic N) is 4. The van der Waals surface area contributed by atoms with Crippen molar-refractivity contribution in [3.8, 4) is 11.5 Å². The van der Waals surface area contributed by atoms with Gasteiger partial charge in [-0.3, -0.25) is 19.8 Å². The van der Waals surface area contributed by atoms with Crippen LogP contribution in [-0.4, -0.2) is 56.2 Å². The third-order valence-corrected chi connectivity index (χ3v) is 8.17. The van der Waals surface area contributed by atoms with Gasteiger partial charge in [0.25, 0.3) is 0 Å². The van der Waals surface area contributed by atoms with Gasteiger partial charge < -0.3 is 10.2 Å². The Bertz CT molecular complexity index is 1300. The van der Waals surface area contributed by atoms with E-state index in [4.69, 9.17) is 0 Å². The number of phenolic OH excluding ortho intramolecular Hbond substituents is 2. The van der Waals surface area contributed by atoms with Crippen LogP contribution in [0, 0.1) is 0 Å². The SMILES string of the molecule is Oc1c(CN2CCCCC2)cc(Cc2cc(CN3CCCCC3)c(O)c3ncccc23)c2ccncc12. The Morgan fingerprint density at radius 1 is 0.649 bits per heavy atom. The summed E-state index contributed by atoms with van der Waals surface area (Å²) in [5, 5.41) is 25.2. The smallest absolute Gasteiger partial charge is 0.146 e. The van der Waals surface area contributed by atoms with Gasteiger partial charge >= 0.3 is 0 Å². The van der Waals surface area contributed by atoms with Gasteiger partial charge in [-0.1, -0.05) is 18.9 Å². The Hall–Kier alpha value is -3.22. The molecule has 0 unspecified atom stereocenters. The van der Waals surface area contributed by atoms with Crippen molar-refractivity contribution in [1.29, 1.82) is 0 Å². The van der Waals surface area contributed by atoms with Crippen molar-refractivity contribution in [3.05, 3.63) is 71.2 Å². The second-order valence-corrected chi connectivity index (χ2v) is 10.8. The molecule has 2 N–H and O–H groups in total. The molecule has 2 aromatic carbocycles. The van der Waals surface area contributed by atoms with Gasteiger partial charge in [-0.05, 0) is 99.1 Å². The number of hydrogen-bond donors (Lipinski definition) is 2. The highest BCUT2D eigenvalue weighted by atomic mass is 16.3. The molecule has 2 fully saturated rings. The fraction of sp³-hybridized carbons (Fsp3) is 0.419. The average molecular weight is 497 g/mol. The summed E-state index contributed by atoms with van der Waals surface area (Å²) in [4.78, 5) is 13.8. The summed E-state index contributed by atoms with van der Waals surface area (Å²) in [5.74, 6) is 0.649. The van der Waals surface area contributed by atoms with E-state index in [1.165, 1.54) is 44.1 Å². The van der Waals surface area contributed by atoms with Crippen molar-refractivity contribution in [2.75, 3.05) is 26.2 Å². The Morgan fingerprint density at radius 2 is 1.27 bits per heavy atom. The maximum absolute atomic E-state index is 11.2. The highest BCUT2D eigenvalue weighted by molar-refractivity contribution is 5.93. The van der Waals surface area contributed by atoms with Gasteiger partial charge in [0.05, 0.1) is 0 Å². The van der Waals surface area contributed by atoms with Crippen molar-refractivity contribution in [2.24, 2.45) is 0 Å². The lowest BCUT2D eigenvalue weighted by Gasteiger charge is -2.27. The monoisotopic (exact) mass is 496 g/mol. The Labute approximate surface area is 218 Å². The summed E-state index contributed by atoms with van der Waals surface area (Å²) in [7, 11) is 0. The molecule has 6 heteroatoms. The van der Waals surface area contributed by atoms with E-state index in [0.717, 1.165) is 72.1 Å². The number of hydrogen-bond acceptors (Lipinski definition) is 6. The van der Waals surface area contributed by atoms with Gasteiger partial charge in [-0.2, -0.15) is 0 Å². The number of aromatic hydroxyl groups is 2. The van der Waals surface area contributed by atoms with E-state index in [0.29, 0.717) is 23.4 Å². The normalized spacial score (nSPS) is 17.5. The number of fused-ring (bicyclic) bond motifs is 2. The van der Waals surface area contributed by atoms with Crippen LogP contribution >= 0.6 is 0 Å². The van der Waals surface area contributed by atoms with E-state index < -0.39 is 0 Å². The summed E-state index contributed by atoms with van der Waals surface area (Å²) in [6.07, 6.45) is 13.5. The number of phenols is 2. The second-order valence-electron chi connectivity index (χ2n) is 10.8. The molecule has 2 aliphatic rings. The minimum absolute atomic E-state index is 0.301. The van der Waals surface area contributed by atoms with Crippen LogP contribution in [0.2, 0.25) is 0 Å². The first-order valence-electron chi connectivity index (χ1n) is 13.8. The summed E-state index contributed by atoms with van der Waals surface area (Å²) < 4.78 is 0. The molecule has 192 valence electrons. The molecular formula is C31H36N4O2. The maximum Gasteiger partial charge on any atom is 0.146 e. The van der Waals surface area contributed by atoms with E-state index in [1.54, 1.807) is 18.6 Å². The third-order valence-electron chi connectivity index (χ3n) is 8.17. The topological polar surface area (TPSA) is 72.7 Å². The highest BCUT2D eigenvalue weighted by Gasteiger charge is 2.20. The van der Waals surface area contributed by atoms with Crippen molar-refractivity contribution in [3.63, 3.8) is 0 Å². The quantitative estimate of drug-likeness (QED) is 0.354. The zero-order valence-corrected chi connectivity index (χ0v) is 21.5. The van der Waals surface area contributed by atoms with Gasteiger partial charge in [0.15, 0.2) is 0 Å². The molecule has 2 aromatic heterocycles. The summed E-state index contributed by atoms with van der Waals surface area (Å²) >= 11 is 0. The molecule has 0 radical (unpaired) electrons. The Balaban J connectivity index is 1.42. The van der Waals surface area contributed by atoms with Crippen LogP contribution in [0.15, 0.2) is 48.9 Å². The van der Waals surface area contributed by atoms with E-state index in [-0.39, 0.29) is 0 Å². The number of aromatic nitrogens is 2. The van der Waals surface area contributed by atoms with Crippen molar-refractivity contribution in [2.45, 2.75) is 58.0 Å². The van der Waals surface area contributed by atoms with E-state index in [9.17, 15) is 10.2 Å². The molecule has 0 atom stereocenters. The number of likely N-dealkylation sites (tertiary alicyclic amines) is 2. The molecule has 0 saturated carbocycles. The number of rotatable bonds is 6. The molecule has 6 nitrogen and oxygen atoms in total. The minimum Gasteiger partial charge on any atom is -0.507 e. The molecule has 37 heavy (non-hydrogen) atoms. The lowest BCUT2D eigenvalue weighted by molar-refractivity contribution is 0.218. The molecule has 2 saturated heterocycles. The van der Waals surface area contributed by atoms with Crippen molar-refractivity contribution in [1.82, 2.24) is 19.8 Å². The second kappa shape index (κ2) is 10.6. The van der Waals surface area contributed by atoms with Crippen LogP contribution < -0.4 is 0 Å². The minimum atomic E-state index is 0.301. The molecule has 6 rings (SSSR count). The highest BCUT2D eigenvalue weighted by Crippen LogP contribution is 2.37. The fourth-order valence-electron chi connectivity index (χ4n) is 6.21. The zero-order valence-electron chi connectivity index (χ0n) is 21.5. The van der Waals surface area contributed by atoms with Gasteiger partial charge in [0.1, 0.15) is 17.0 Å². The zero-order chi connectivity index (χ0) is 25.2. The Morgan fingerprint density at radius 3 is 1.95 bits per heavy atom. The molecule has 4 heterocycles. The third kappa shape index (κ3) is 5.00. The number of pyridine rings is 2. The number of benzene rings is 2. The van der Waals surface area contributed by atoms with Gasteiger partial charge in [0.2, 0.25) is 0 Å². The van der Waals surface area contributed by atoms with Crippen molar-refractivity contribution < 1.29 is 10.2 Å². The average Bonchev–Trinajstić information content (AvgIpc) is 2.95. The molecular weight excluding hydrogens is 460 g/mol. The van der Waals surface area contributed by atoms with E-state index >= 15 is 0 Å². The molecule has 2 aliphatic heterocycles. The van der Waals surface area contributed by atoms with E-state index in [2.05, 4.69) is 38.0 Å². The first-order chi connectivity index (χ1) is 18.2. The standard InChI is InChI=1S/C31H36N4O2/c36-30-24(20-34-12-3-1-4-13-34)17-22(26-9-11-32-19-28(26)30)16-23-18-25(21-35-14-5-2-6-15-35)31(37)29-27(23)8-7-10-33-29/h7-11,17-19,36-37H,1-6,12-16,20-21H2. The van der Waals surface area contributed by atoms with Crippen LogP contribution in [0.5, 0.6) is 11.5 Å². The predicted octanol–water partition coefficient (Wildman–Crippen LogP) is 5.76. The van der Waals surface area contributed by atoms with E-state index in [1.807, 2.05) is 12.1 Å². The predicted molar refractivity (Wildman–Crippen MR) is 148 cm³/mol. The molecule has 0 amide bonds. The lowest BCUT2D eigenvalue weighted by atomic mass is 9.92. The van der Waals surface area contributed by atoms with Crippen LogP contribution in [0.3, 0.4) is 0 Å². The molecule has 0 spiro atoms. The molecule has 0 aliphatic carbocycles. The van der Waals surface area contributed by atoms with Crippen molar-refractivity contribution >= 4 is 21.7 Å². The van der Waals surface area contributed by atoms with Crippen LogP contribution in [0.4, 0.5) is 0 Å². The molecule has 0 bridgehead atoms. The van der Waals surface area contributed by atoms with Crippen LogP contribution in [0.25, 0.3) is 21.7 Å². The number of piperidine rings is 2. The first-order valence-corrected chi connectivity index (χ1v) is 13.8. The Kier molecular flexibility index (Phi) is 6.94. The first kappa shape index (κ1) is 24.1. The molecule has 4 aromatic rings. The fourth-order valence-corrected chi connectivity index (χ4v) is 6.21. The maximum atomic E-state index is 11.2. The summed E-state index contributed by atoms with van der Waals surface area (Å²) in [5.41, 5.74) is 4.90.